The average Bonchev–Trinajstić information content (AvgIpc) is 2.62. The molecule has 0 fully saturated rings. The van der Waals surface area contributed by atoms with Gasteiger partial charge in [0.1, 0.15) is 0 Å². The van der Waals surface area contributed by atoms with Gasteiger partial charge in [0.15, 0.2) is 0 Å². The maximum absolute atomic E-state index is 13.5. The van der Waals surface area contributed by atoms with Crippen LogP contribution in [0.1, 0.15) is 96.1 Å². The second kappa shape index (κ2) is 14.5. The smallest absolute Gasteiger partial charge is 0.308 e. The van der Waals surface area contributed by atoms with Crippen molar-refractivity contribution in [2.45, 2.75) is 96.8 Å². The zero-order valence-corrected chi connectivity index (χ0v) is 16.2. The second-order valence-electron chi connectivity index (χ2n) is 7.04. The molecular weight excluding hydrogens is 331 g/mol. The van der Waals surface area contributed by atoms with Crippen molar-refractivity contribution >= 4 is 0 Å². The standard InChI is InChI=1S/C21H35FN2O2/c1-2-3-4-5-6-7-8-9-10-11-12-13-14-15-16-17-18-19(22)20(25)24-21(26)23-18/h9-10H,2-8,11-17H2,1H3,(H2,23,24,25,26). The van der Waals surface area contributed by atoms with E-state index < -0.39 is 17.1 Å². The van der Waals surface area contributed by atoms with Crippen LogP contribution in [0.15, 0.2) is 21.7 Å². The van der Waals surface area contributed by atoms with Crippen molar-refractivity contribution in [1.82, 2.24) is 9.97 Å². The van der Waals surface area contributed by atoms with Gasteiger partial charge in [0.2, 0.25) is 5.82 Å². The van der Waals surface area contributed by atoms with Crippen LogP contribution in [0, 0.1) is 5.82 Å². The summed E-state index contributed by atoms with van der Waals surface area (Å²) in [6, 6.07) is 0. The Kier molecular flexibility index (Phi) is 12.5. The molecule has 26 heavy (non-hydrogen) atoms. The third kappa shape index (κ3) is 10.4. The van der Waals surface area contributed by atoms with Gasteiger partial charge in [-0.2, -0.15) is 4.39 Å². The Balaban J connectivity index is 1.96. The van der Waals surface area contributed by atoms with Gasteiger partial charge in [-0.3, -0.25) is 9.78 Å². The quantitative estimate of drug-likeness (QED) is 0.323. The zero-order valence-electron chi connectivity index (χ0n) is 16.2. The number of nitrogens with one attached hydrogen (secondary N) is 2. The van der Waals surface area contributed by atoms with Crippen molar-refractivity contribution in [3.8, 4) is 0 Å². The lowest BCUT2D eigenvalue weighted by atomic mass is 10.1. The number of rotatable bonds is 15. The Morgan fingerprint density at radius 1 is 0.769 bits per heavy atom. The molecule has 0 bridgehead atoms. The summed E-state index contributed by atoms with van der Waals surface area (Å²) in [5.41, 5.74) is -1.45. The maximum atomic E-state index is 13.5. The number of hydrogen-bond donors (Lipinski definition) is 2. The van der Waals surface area contributed by atoms with Gasteiger partial charge in [-0.1, -0.05) is 70.4 Å². The first-order chi connectivity index (χ1) is 12.6. The summed E-state index contributed by atoms with van der Waals surface area (Å²) < 4.78 is 13.5. The van der Waals surface area contributed by atoms with E-state index in [9.17, 15) is 14.0 Å². The molecule has 1 rings (SSSR count). The fourth-order valence-corrected chi connectivity index (χ4v) is 3.06. The molecule has 1 aromatic rings. The van der Waals surface area contributed by atoms with Crippen LogP contribution in [0.2, 0.25) is 0 Å². The third-order valence-corrected chi connectivity index (χ3v) is 4.64. The molecule has 0 saturated carbocycles. The van der Waals surface area contributed by atoms with Gasteiger partial charge in [0, 0.05) is 0 Å². The van der Waals surface area contributed by atoms with Gasteiger partial charge in [0.05, 0.1) is 5.69 Å². The van der Waals surface area contributed by atoms with Gasteiger partial charge < -0.3 is 4.98 Å². The highest BCUT2D eigenvalue weighted by Crippen LogP contribution is 2.10. The number of aromatic amines is 2. The molecular formula is C21H35FN2O2. The molecule has 0 aliphatic heterocycles. The summed E-state index contributed by atoms with van der Waals surface area (Å²) >= 11 is 0. The number of unbranched alkanes of at least 4 members (excludes halogenated alkanes) is 11. The van der Waals surface area contributed by atoms with E-state index in [0.29, 0.717) is 6.42 Å². The minimum absolute atomic E-state index is 0.122. The predicted molar refractivity (Wildman–Crippen MR) is 106 cm³/mol. The van der Waals surface area contributed by atoms with Gasteiger partial charge in [-0.15, -0.1) is 0 Å². The molecule has 0 aliphatic carbocycles. The molecule has 0 atom stereocenters. The van der Waals surface area contributed by atoms with Crippen LogP contribution in [0.4, 0.5) is 4.39 Å². The van der Waals surface area contributed by atoms with Crippen LogP contribution in [0.5, 0.6) is 0 Å². The summed E-state index contributed by atoms with van der Waals surface area (Å²) in [5.74, 6) is -0.861. The summed E-state index contributed by atoms with van der Waals surface area (Å²) in [6.45, 7) is 2.25. The Morgan fingerprint density at radius 3 is 1.92 bits per heavy atom. The van der Waals surface area contributed by atoms with E-state index in [1.54, 1.807) is 0 Å². The monoisotopic (exact) mass is 366 g/mol. The first-order valence-electron chi connectivity index (χ1n) is 10.3. The number of aryl methyl sites for hydroxylation is 1. The molecule has 0 aliphatic rings. The molecule has 0 radical (unpaired) electrons. The molecule has 0 spiro atoms. The Morgan fingerprint density at radius 2 is 1.31 bits per heavy atom. The number of allylic oxidation sites excluding steroid dienone is 2. The van der Waals surface area contributed by atoms with Crippen molar-refractivity contribution < 1.29 is 4.39 Å². The lowest BCUT2D eigenvalue weighted by molar-refractivity contribution is 0.554. The lowest BCUT2D eigenvalue weighted by Gasteiger charge is -2.02. The minimum atomic E-state index is -0.934. The Bertz CT molecular complexity index is 619. The molecule has 148 valence electrons. The number of H-pyrrole nitrogens is 2. The van der Waals surface area contributed by atoms with E-state index in [2.05, 4.69) is 24.1 Å². The van der Waals surface area contributed by atoms with Crippen LogP contribution in [0.3, 0.4) is 0 Å². The summed E-state index contributed by atoms with van der Waals surface area (Å²) in [7, 11) is 0. The minimum Gasteiger partial charge on any atom is -0.308 e. The second-order valence-corrected chi connectivity index (χ2v) is 7.04. The highest BCUT2D eigenvalue weighted by atomic mass is 19.1. The number of aromatic nitrogens is 2. The molecule has 1 aromatic heterocycles. The molecule has 0 amide bonds. The topological polar surface area (TPSA) is 65.7 Å². The fourth-order valence-electron chi connectivity index (χ4n) is 3.06. The fraction of sp³-hybridized carbons (Fsp3) is 0.714. The van der Waals surface area contributed by atoms with E-state index in [1.807, 2.05) is 4.98 Å². The van der Waals surface area contributed by atoms with Gasteiger partial charge >= 0.3 is 5.69 Å². The first-order valence-corrected chi connectivity index (χ1v) is 10.3. The van der Waals surface area contributed by atoms with Crippen molar-refractivity contribution in [3.63, 3.8) is 0 Å². The molecule has 2 N–H and O–H groups in total. The van der Waals surface area contributed by atoms with Gasteiger partial charge in [-0.25, -0.2) is 4.79 Å². The molecule has 0 unspecified atom stereocenters. The van der Waals surface area contributed by atoms with Crippen LogP contribution in [-0.4, -0.2) is 9.97 Å². The molecule has 4 nitrogen and oxygen atoms in total. The highest BCUT2D eigenvalue weighted by Gasteiger charge is 2.07. The predicted octanol–water partition coefficient (Wildman–Crippen LogP) is 5.39. The van der Waals surface area contributed by atoms with E-state index in [0.717, 1.165) is 32.1 Å². The van der Waals surface area contributed by atoms with Crippen molar-refractivity contribution in [1.29, 1.82) is 0 Å². The van der Waals surface area contributed by atoms with Crippen molar-refractivity contribution in [2.75, 3.05) is 0 Å². The average molecular weight is 367 g/mol. The normalized spacial score (nSPS) is 11.5. The van der Waals surface area contributed by atoms with Crippen LogP contribution in [-0.2, 0) is 6.42 Å². The van der Waals surface area contributed by atoms with Crippen LogP contribution >= 0.6 is 0 Å². The van der Waals surface area contributed by atoms with Crippen LogP contribution in [0.25, 0.3) is 0 Å². The van der Waals surface area contributed by atoms with E-state index in [1.165, 1.54) is 51.4 Å². The largest absolute Gasteiger partial charge is 0.326 e. The molecule has 5 heteroatoms. The summed E-state index contributed by atoms with van der Waals surface area (Å²) in [6.07, 6.45) is 20.6. The molecule has 0 saturated heterocycles. The SMILES string of the molecule is CCCCCCCCC=CCCCCCCCc1[nH]c(=O)[nH]c(=O)c1F. The van der Waals surface area contributed by atoms with E-state index in [-0.39, 0.29) is 5.69 Å². The summed E-state index contributed by atoms with van der Waals surface area (Å²) in [5, 5.41) is 0. The summed E-state index contributed by atoms with van der Waals surface area (Å²) in [4.78, 5) is 26.6. The number of hydrogen-bond acceptors (Lipinski definition) is 2. The first kappa shape index (κ1) is 22.4. The molecule has 1 heterocycles. The van der Waals surface area contributed by atoms with Crippen molar-refractivity contribution in [2.24, 2.45) is 0 Å². The van der Waals surface area contributed by atoms with Crippen molar-refractivity contribution in [3.05, 3.63) is 44.5 Å². The maximum Gasteiger partial charge on any atom is 0.326 e. The van der Waals surface area contributed by atoms with Gasteiger partial charge in [-0.05, 0) is 38.5 Å². The van der Waals surface area contributed by atoms with E-state index >= 15 is 0 Å². The highest BCUT2D eigenvalue weighted by molar-refractivity contribution is 5.02. The lowest BCUT2D eigenvalue weighted by Crippen LogP contribution is -2.27. The molecule has 0 aromatic carbocycles. The Hall–Kier alpha value is -1.65. The Labute approximate surface area is 156 Å². The third-order valence-electron chi connectivity index (χ3n) is 4.64. The number of halogens is 1. The van der Waals surface area contributed by atoms with Crippen LogP contribution < -0.4 is 11.2 Å². The van der Waals surface area contributed by atoms with E-state index in [4.69, 9.17) is 0 Å². The zero-order chi connectivity index (χ0) is 19.0. The van der Waals surface area contributed by atoms with Gasteiger partial charge in [0.25, 0.3) is 5.56 Å².